The number of esters is 2. The molecule has 0 aliphatic carbocycles. The Morgan fingerprint density at radius 3 is 2.86 bits per heavy atom. The Balaban J connectivity index is 2.47. The first-order valence-electron chi connectivity index (χ1n) is 7.80. The van der Waals surface area contributed by atoms with Crippen molar-refractivity contribution in [2.45, 2.75) is 65.1 Å². The van der Waals surface area contributed by atoms with Gasteiger partial charge in [0.15, 0.2) is 12.2 Å². The molecule has 0 N–H and O–H groups in total. The van der Waals surface area contributed by atoms with Gasteiger partial charge >= 0.3 is 11.9 Å². The summed E-state index contributed by atoms with van der Waals surface area (Å²) in [5.74, 6) is -0.759. The maximum absolute atomic E-state index is 12.1. The van der Waals surface area contributed by atoms with E-state index >= 15 is 0 Å². The van der Waals surface area contributed by atoms with Crippen LogP contribution in [-0.4, -0.2) is 24.1 Å². The monoisotopic (exact) mass is 294 g/mol. The van der Waals surface area contributed by atoms with Crippen LogP contribution in [0.15, 0.2) is 24.3 Å². The van der Waals surface area contributed by atoms with E-state index in [0.29, 0.717) is 0 Å². The minimum atomic E-state index is -0.524. The summed E-state index contributed by atoms with van der Waals surface area (Å²) in [6, 6.07) is 0. The van der Waals surface area contributed by atoms with E-state index in [1.54, 1.807) is 18.2 Å². The van der Waals surface area contributed by atoms with Crippen molar-refractivity contribution in [2.75, 3.05) is 0 Å². The minimum absolute atomic E-state index is 0.126. The number of unbranched alkanes of at least 4 members (excludes halogenated alkanes) is 3. The first-order valence-corrected chi connectivity index (χ1v) is 7.80. The second-order valence-electron chi connectivity index (χ2n) is 5.44. The van der Waals surface area contributed by atoms with E-state index < -0.39 is 18.2 Å². The van der Waals surface area contributed by atoms with E-state index in [1.807, 2.05) is 13.8 Å². The highest BCUT2D eigenvalue weighted by Gasteiger charge is 2.29. The Labute approximate surface area is 127 Å². The normalized spacial score (nSPS) is 23.1. The van der Waals surface area contributed by atoms with Crippen LogP contribution in [0.5, 0.6) is 0 Å². The van der Waals surface area contributed by atoms with Gasteiger partial charge in [0.05, 0.1) is 5.92 Å². The van der Waals surface area contributed by atoms with E-state index in [-0.39, 0.29) is 11.9 Å². The quantitative estimate of drug-likeness (QED) is 0.390. The fourth-order valence-corrected chi connectivity index (χ4v) is 2.21. The highest BCUT2D eigenvalue weighted by Crippen LogP contribution is 2.18. The third-order valence-corrected chi connectivity index (χ3v) is 3.53. The molecule has 4 heteroatoms. The van der Waals surface area contributed by atoms with Gasteiger partial charge in [-0.1, -0.05) is 45.6 Å². The van der Waals surface area contributed by atoms with Crippen LogP contribution in [0.25, 0.3) is 0 Å². The van der Waals surface area contributed by atoms with Crippen LogP contribution < -0.4 is 0 Å². The standard InChI is InChI=1S/C17H26O4/c1-4-6-7-8-10-13(3)17(19)21-15-11-12-16(18)20-14(15)9-5-2/h5,9,11-15H,4,6-8,10H2,1-3H3/b9-5+/t13-,14+,15+/m1/s1. The van der Waals surface area contributed by atoms with Gasteiger partial charge in [-0.2, -0.15) is 0 Å². The zero-order valence-electron chi connectivity index (χ0n) is 13.2. The first-order chi connectivity index (χ1) is 10.1. The van der Waals surface area contributed by atoms with Crippen molar-refractivity contribution in [3.63, 3.8) is 0 Å². The van der Waals surface area contributed by atoms with Gasteiger partial charge in [0.25, 0.3) is 0 Å². The molecule has 0 fully saturated rings. The maximum atomic E-state index is 12.1. The Morgan fingerprint density at radius 1 is 1.43 bits per heavy atom. The van der Waals surface area contributed by atoms with Crippen LogP contribution in [0.1, 0.15) is 52.9 Å². The van der Waals surface area contributed by atoms with Gasteiger partial charge in [0, 0.05) is 6.08 Å². The molecule has 3 atom stereocenters. The smallest absolute Gasteiger partial charge is 0.331 e. The van der Waals surface area contributed by atoms with Crippen molar-refractivity contribution in [3.05, 3.63) is 24.3 Å². The number of carbonyl (C=O) groups excluding carboxylic acids is 2. The Kier molecular flexibility index (Phi) is 7.80. The largest absolute Gasteiger partial charge is 0.454 e. The molecule has 1 aliphatic rings. The molecule has 21 heavy (non-hydrogen) atoms. The van der Waals surface area contributed by atoms with Crippen molar-refractivity contribution < 1.29 is 19.1 Å². The Hall–Kier alpha value is -1.58. The molecular weight excluding hydrogens is 268 g/mol. The van der Waals surface area contributed by atoms with Gasteiger partial charge in [0.2, 0.25) is 0 Å². The van der Waals surface area contributed by atoms with Crippen molar-refractivity contribution in [2.24, 2.45) is 5.92 Å². The fraction of sp³-hybridized carbons (Fsp3) is 0.647. The maximum Gasteiger partial charge on any atom is 0.331 e. The van der Waals surface area contributed by atoms with Gasteiger partial charge < -0.3 is 9.47 Å². The van der Waals surface area contributed by atoms with E-state index in [4.69, 9.17) is 9.47 Å². The van der Waals surface area contributed by atoms with Crippen LogP contribution in [0.3, 0.4) is 0 Å². The van der Waals surface area contributed by atoms with Crippen molar-refractivity contribution in [1.82, 2.24) is 0 Å². The molecule has 4 nitrogen and oxygen atoms in total. The predicted molar refractivity (Wildman–Crippen MR) is 81.6 cm³/mol. The number of ether oxygens (including phenoxy) is 2. The van der Waals surface area contributed by atoms with E-state index in [1.165, 1.54) is 18.9 Å². The van der Waals surface area contributed by atoms with Crippen LogP contribution in [0.4, 0.5) is 0 Å². The molecule has 0 aromatic rings. The van der Waals surface area contributed by atoms with Crippen LogP contribution >= 0.6 is 0 Å². The van der Waals surface area contributed by atoms with Gasteiger partial charge in [-0.3, -0.25) is 4.79 Å². The molecule has 118 valence electrons. The average Bonchev–Trinajstić information content (AvgIpc) is 2.46. The Morgan fingerprint density at radius 2 is 2.19 bits per heavy atom. The zero-order chi connectivity index (χ0) is 15.7. The summed E-state index contributed by atoms with van der Waals surface area (Å²) in [4.78, 5) is 23.3. The van der Waals surface area contributed by atoms with E-state index in [0.717, 1.165) is 19.3 Å². The molecule has 0 saturated carbocycles. The number of carbonyl (C=O) groups is 2. The van der Waals surface area contributed by atoms with Crippen molar-refractivity contribution in [3.8, 4) is 0 Å². The average molecular weight is 294 g/mol. The molecule has 0 spiro atoms. The van der Waals surface area contributed by atoms with Gasteiger partial charge in [-0.05, 0) is 25.5 Å². The zero-order valence-corrected chi connectivity index (χ0v) is 13.2. The molecule has 0 amide bonds. The van der Waals surface area contributed by atoms with Gasteiger partial charge in [-0.15, -0.1) is 0 Å². The molecule has 0 saturated heterocycles. The topological polar surface area (TPSA) is 52.6 Å². The fourth-order valence-electron chi connectivity index (χ4n) is 2.21. The lowest BCUT2D eigenvalue weighted by Crippen LogP contribution is -2.36. The molecule has 0 bridgehead atoms. The number of cyclic esters (lactones) is 1. The Bertz CT molecular complexity index is 398. The summed E-state index contributed by atoms with van der Waals surface area (Å²) in [7, 11) is 0. The number of rotatable bonds is 8. The number of hydrogen-bond donors (Lipinski definition) is 0. The van der Waals surface area contributed by atoms with Crippen LogP contribution in [0, 0.1) is 5.92 Å². The van der Waals surface area contributed by atoms with Crippen LogP contribution in [-0.2, 0) is 19.1 Å². The summed E-state index contributed by atoms with van der Waals surface area (Å²) < 4.78 is 10.6. The molecule has 1 heterocycles. The lowest BCUT2D eigenvalue weighted by molar-refractivity contribution is -0.163. The first kappa shape index (κ1) is 17.5. The predicted octanol–water partition coefficient (Wildman–Crippen LogP) is 3.56. The number of allylic oxidation sites excluding steroid dienone is 1. The highest BCUT2D eigenvalue weighted by atomic mass is 16.6. The van der Waals surface area contributed by atoms with Crippen LogP contribution in [0.2, 0.25) is 0 Å². The highest BCUT2D eigenvalue weighted by molar-refractivity contribution is 5.83. The summed E-state index contributed by atoms with van der Waals surface area (Å²) in [5.41, 5.74) is 0. The third-order valence-electron chi connectivity index (χ3n) is 3.53. The van der Waals surface area contributed by atoms with Gasteiger partial charge in [0.1, 0.15) is 0 Å². The second-order valence-corrected chi connectivity index (χ2v) is 5.44. The van der Waals surface area contributed by atoms with Crippen molar-refractivity contribution in [1.29, 1.82) is 0 Å². The second kappa shape index (κ2) is 9.37. The SMILES string of the molecule is C/C=C/[C@@H]1OC(=O)C=C[C@@H]1OC(=O)[C@H](C)CCCCCC. The summed E-state index contributed by atoms with van der Waals surface area (Å²) in [5, 5.41) is 0. The minimum Gasteiger partial charge on any atom is -0.454 e. The van der Waals surface area contributed by atoms with Crippen molar-refractivity contribution >= 4 is 11.9 Å². The molecule has 0 aromatic carbocycles. The van der Waals surface area contributed by atoms with E-state index in [2.05, 4.69) is 6.92 Å². The lowest BCUT2D eigenvalue weighted by atomic mass is 10.0. The number of hydrogen-bond acceptors (Lipinski definition) is 4. The molecular formula is C17H26O4. The van der Waals surface area contributed by atoms with Gasteiger partial charge in [-0.25, -0.2) is 4.79 Å². The summed E-state index contributed by atoms with van der Waals surface area (Å²) in [6.45, 7) is 5.88. The molecule has 0 unspecified atom stereocenters. The third kappa shape index (κ3) is 6.15. The van der Waals surface area contributed by atoms with E-state index in [9.17, 15) is 9.59 Å². The molecule has 0 aromatic heterocycles. The molecule has 1 rings (SSSR count). The molecule has 1 aliphatic heterocycles. The molecule has 0 radical (unpaired) electrons. The summed E-state index contributed by atoms with van der Waals surface area (Å²) >= 11 is 0. The summed E-state index contributed by atoms with van der Waals surface area (Å²) in [6.07, 6.45) is 10.8. The lowest BCUT2D eigenvalue weighted by Gasteiger charge is -2.26.